The first-order chi connectivity index (χ1) is 9.95. The van der Waals surface area contributed by atoms with Crippen LogP contribution in [0.4, 0.5) is 16.2 Å². The van der Waals surface area contributed by atoms with Gasteiger partial charge in [0.2, 0.25) is 0 Å². The summed E-state index contributed by atoms with van der Waals surface area (Å²) in [6.07, 6.45) is 0. The van der Waals surface area contributed by atoms with E-state index in [0.29, 0.717) is 11.3 Å². The van der Waals surface area contributed by atoms with Crippen LogP contribution in [0.2, 0.25) is 0 Å². The molecular formula is C15H14BrN3OS. The van der Waals surface area contributed by atoms with Crippen molar-refractivity contribution in [3.05, 3.63) is 58.1 Å². The molecule has 0 saturated carbocycles. The molecule has 0 aliphatic rings. The van der Waals surface area contributed by atoms with Gasteiger partial charge in [-0.2, -0.15) is 0 Å². The van der Waals surface area contributed by atoms with Gasteiger partial charge < -0.3 is 16.4 Å². The molecule has 0 aromatic heterocycles. The lowest BCUT2D eigenvalue weighted by molar-refractivity contribution is 0.262. The van der Waals surface area contributed by atoms with E-state index in [-0.39, 0.29) is 11.0 Å². The standard InChI is InChI=1S/C15H14BrN3OS/c1-9-3-2-4-11(7-9)18-15(20)19-13-8-10(16)5-6-12(13)14(17)21/h2-8H,1H3,(H2,17,21)(H2,18,19,20). The van der Waals surface area contributed by atoms with Crippen molar-refractivity contribution in [2.75, 3.05) is 10.6 Å². The second kappa shape index (κ2) is 6.69. The van der Waals surface area contributed by atoms with Gasteiger partial charge in [-0.05, 0) is 42.8 Å². The molecule has 2 aromatic carbocycles. The highest BCUT2D eigenvalue weighted by Gasteiger charge is 2.09. The van der Waals surface area contributed by atoms with E-state index in [1.165, 1.54) is 0 Å². The van der Waals surface area contributed by atoms with E-state index in [0.717, 1.165) is 15.7 Å². The Bertz CT molecular complexity index is 703. The summed E-state index contributed by atoms with van der Waals surface area (Å²) < 4.78 is 0.827. The molecule has 0 fully saturated rings. The Morgan fingerprint density at radius 2 is 1.95 bits per heavy atom. The van der Waals surface area contributed by atoms with Gasteiger partial charge in [-0.25, -0.2) is 4.79 Å². The van der Waals surface area contributed by atoms with Gasteiger partial charge in [0.05, 0.1) is 5.69 Å². The predicted molar refractivity (Wildman–Crippen MR) is 93.8 cm³/mol. The summed E-state index contributed by atoms with van der Waals surface area (Å²) in [5.74, 6) is 0. The zero-order valence-corrected chi connectivity index (χ0v) is 13.7. The summed E-state index contributed by atoms with van der Waals surface area (Å²) in [5, 5.41) is 5.52. The number of anilines is 2. The molecule has 0 aliphatic carbocycles. The third-order valence-corrected chi connectivity index (χ3v) is 3.48. The van der Waals surface area contributed by atoms with Crippen LogP contribution in [0.25, 0.3) is 0 Å². The van der Waals surface area contributed by atoms with Gasteiger partial charge in [-0.3, -0.25) is 0 Å². The molecule has 0 heterocycles. The SMILES string of the molecule is Cc1cccc(NC(=O)Nc2cc(Br)ccc2C(N)=S)c1. The van der Waals surface area contributed by atoms with Crippen molar-refractivity contribution in [1.29, 1.82) is 0 Å². The molecule has 0 aliphatic heterocycles. The van der Waals surface area contributed by atoms with Crippen molar-refractivity contribution in [3.63, 3.8) is 0 Å². The van der Waals surface area contributed by atoms with Crippen LogP contribution in [-0.2, 0) is 0 Å². The number of nitrogens with two attached hydrogens (primary N) is 1. The fourth-order valence-corrected chi connectivity index (χ4v) is 2.38. The average molecular weight is 364 g/mol. The number of thiocarbonyl (C=S) groups is 1. The lowest BCUT2D eigenvalue weighted by Gasteiger charge is -2.12. The molecule has 2 aromatic rings. The quantitative estimate of drug-likeness (QED) is 0.721. The minimum atomic E-state index is -0.351. The Morgan fingerprint density at radius 1 is 1.19 bits per heavy atom. The van der Waals surface area contributed by atoms with Gasteiger partial charge in [0.1, 0.15) is 4.99 Å². The van der Waals surface area contributed by atoms with Crippen molar-refractivity contribution >= 4 is 50.5 Å². The number of nitrogens with one attached hydrogen (secondary N) is 2. The number of aryl methyl sites for hydroxylation is 1. The van der Waals surface area contributed by atoms with Crippen LogP contribution in [0, 0.1) is 6.92 Å². The molecule has 0 unspecified atom stereocenters. The molecule has 6 heteroatoms. The largest absolute Gasteiger partial charge is 0.389 e. The van der Waals surface area contributed by atoms with Crippen LogP contribution in [0.15, 0.2) is 46.9 Å². The number of benzene rings is 2. The van der Waals surface area contributed by atoms with Crippen LogP contribution < -0.4 is 16.4 Å². The van der Waals surface area contributed by atoms with E-state index < -0.39 is 0 Å². The fourth-order valence-electron chi connectivity index (χ4n) is 1.84. The molecule has 2 rings (SSSR count). The van der Waals surface area contributed by atoms with Crippen molar-refractivity contribution in [2.24, 2.45) is 5.73 Å². The highest BCUT2D eigenvalue weighted by molar-refractivity contribution is 9.10. The van der Waals surface area contributed by atoms with Gasteiger partial charge in [0, 0.05) is 15.7 Å². The molecule has 0 radical (unpaired) electrons. The first-order valence-corrected chi connectivity index (χ1v) is 7.40. The second-order valence-corrected chi connectivity index (χ2v) is 5.86. The maximum absolute atomic E-state index is 12.1. The molecule has 4 nitrogen and oxygen atoms in total. The van der Waals surface area contributed by atoms with E-state index in [1.54, 1.807) is 12.1 Å². The number of carbonyl (C=O) groups is 1. The summed E-state index contributed by atoms with van der Waals surface area (Å²) in [4.78, 5) is 12.3. The number of amides is 2. The minimum absolute atomic E-state index is 0.230. The number of halogens is 1. The molecule has 108 valence electrons. The lowest BCUT2D eigenvalue weighted by Crippen LogP contribution is -2.22. The first-order valence-electron chi connectivity index (χ1n) is 6.20. The van der Waals surface area contributed by atoms with Gasteiger partial charge in [-0.15, -0.1) is 0 Å². The number of carbonyl (C=O) groups excluding carboxylic acids is 1. The first kappa shape index (κ1) is 15.5. The molecule has 0 saturated heterocycles. The molecule has 21 heavy (non-hydrogen) atoms. The molecule has 0 bridgehead atoms. The monoisotopic (exact) mass is 363 g/mol. The molecule has 2 amide bonds. The smallest absolute Gasteiger partial charge is 0.323 e. The van der Waals surface area contributed by atoms with Crippen LogP contribution >= 0.6 is 28.1 Å². The third kappa shape index (κ3) is 4.27. The van der Waals surface area contributed by atoms with Crippen molar-refractivity contribution in [3.8, 4) is 0 Å². The zero-order valence-electron chi connectivity index (χ0n) is 11.3. The zero-order chi connectivity index (χ0) is 15.4. The van der Waals surface area contributed by atoms with E-state index in [4.69, 9.17) is 18.0 Å². The minimum Gasteiger partial charge on any atom is -0.389 e. The van der Waals surface area contributed by atoms with Crippen LogP contribution in [0.1, 0.15) is 11.1 Å². The maximum atomic E-state index is 12.1. The lowest BCUT2D eigenvalue weighted by atomic mass is 10.2. The third-order valence-electron chi connectivity index (χ3n) is 2.77. The molecular weight excluding hydrogens is 350 g/mol. The van der Waals surface area contributed by atoms with Crippen LogP contribution in [0.3, 0.4) is 0 Å². The van der Waals surface area contributed by atoms with Gasteiger partial charge >= 0.3 is 6.03 Å². The maximum Gasteiger partial charge on any atom is 0.323 e. The number of hydrogen-bond donors (Lipinski definition) is 3. The normalized spacial score (nSPS) is 10.0. The number of urea groups is 1. The Balaban J connectivity index is 2.16. The van der Waals surface area contributed by atoms with Crippen molar-refractivity contribution in [2.45, 2.75) is 6.92 Å². The number of rotatable bonds is 3. The van der Waals surface area contributed by atoms with Gasteiger partial charge in [-0.1, -0.05) is 40.3 Å². The Kier molecular flexibility index (Phi) is 4.93. The summed E-state index contributed by atoms with van der Waals surface area (Å²) in [6.45, 7) is 1.96. The van der Waals surface area contributed by atoms with Gasteiger partial charge in [0.15, 0.2) is 0 Å². The van der Waals surface area contributed by atoms with E-state index >= 15 is 0 Å². The van der Waals surface area contributed by atoms with E-state index in [9.17, 15) is 4.79 Å². The Hall–Kier alpha value is -1.92. The van der Waals surface area contributed by atoms with E-state index in [2.05, 4.69) is 26.6 Å². The Labute approximate surface area is 136 Å². The van der Waals surface area contributed by atoms with E-state index in [1.807, 2.05) is 37.3 Å². The number of hydrogen-bond acceptors (Lipinski definition) is 2. The predicted octanol–water partition coefficient (Wildman–Crippen LogP) is 4.04. The topological polar surface area (TPSA) is 67.2 Å². The average Bonchev–Trinajstić information content (AvgIpc) is 2.38. The highest BCUT2D eigenvalue weighted by atomic mass is 79.9. The van der Waals surface area contributed by atoms with Crippen molar-refractivity contribution in [1.82, 2.24) is 0 Å². The van der Waals surface area contributed by atoms with Crippen LogP contribution in [-0.4, -0.2) is 11.0 Å². The molecule has 4 N–H and O–H groups in total. The summed E-state index contributed by atoms with van der Waals surface area (Å²) in [7, 11) is 0. The van der Waals surface area contributed by atoms with Crippen molar-refractivity contribution < 1.29 is 4.79 Å². The summed E-state index contributed by atoms with van der Waals surface area (Å²) >= 11 is 8.34. The van der Waals surface area contributed by atoms with Gasteiger partial charge in [0.25, 0.3) is 0 Å². The molecule has 0 atom stereocenters. The van der Waals surface area contributed by atoms with Crippen LogP contribution in [0.5, 0.6) is 0 Å². The highest BCUT2D eigenvalue weighted by Crippen LogP contribution is 2.22. The summed E-state index contributed by atoms with van der Waals surface area (Å²) in [6, 6.07) is 12.5. The fraction of sp³-hybridized carbons (Fsp3) is 0.0667. The Morgan fingerprint density at radius 3 is 2.62 bits per heavy atom. The molecule has 0 spiro atoms. The second-order valence-electron chi connectivity index (χ2n) is 4.50. The summed E-state index contributed by atoms with van der Waals surface area (Å²) in [5.41, 5.74) is 8.62.